The van der Waals surface area contributed by atoms with E-state index >= 15 is 0 Å². The van der Waals surface area contributed by atoms with Crippen LogP contribution in [-0.4, -0.2) is 11.1 Å². The molecule has 3 rings (SSSR count). The van der Waals surface area contributed by atoms with Gasteiger partial charge in [-0.2, -0.15) is 5.26 Å². The van der Waals surface area contributed by atoms with Crippen molar-refractivity contribution < 1.29 is 4.74 Å². The number of pyridine rings is 1. The summed E-state index contributed by atoms with van der Waals surface area (Å²) in [4.78, 5) is 4.57. The Morgan fingerprint density at radius 2 is 2.10 bits per heavy atom. The minimum absolute atomic E-state index is 0.240. The van der Waals surface area contributed by atoms with Gasteiger partial charge in [-0.3, -0.25) is 0 Å². The van der Waals surface area contributed by atoms with Crippen molar-refractivity contribution in [3.63, 3.8) is 0 Å². The number of ether oxygens (including phenoxy) is 1. The largest absolute Gasteiger partial charge is 0.474 e. The summed E-state index contributed by atoms with van der Waals surface area (Å²) >= 11 is 0. The molecule has 1 fully saturated rings. The SMILES string of the molecule is CCC1CCCCC1Oc1cc(C#N)c2ccccc2n1. The molecular formula is C18H20N2O. The normalized spacial score (nSPS) is 21.9. The maximum absolute atomic E-state index is 9.33. The molecule has 3 heteroatoms. The van der Waals surface area contributed by atoms with Crippen LogP contribution in [0.15, 0.2) is 30.3 Å². The lowest BCUT2D eigenvalue weighted by atomic mass is 9.85. The van der Waals surface area contributed by atoms with Gasteiger partial charge in [0.15, 0.2) is 0 Å². The summed E-state index contributed by atoms with van der Waals surface area (Å²) in [7, 11) is 0. The lowest BCUT2D eigenvalue weighted by Gasteiger charge is -2.30. The van der Waals surface area contributed by atoms with E-state index in [4.69, 9.17) is 4.74 Å². The predicted molar refractivity (Wildman–Crippen MR) is 83.1 cm³/mol. The van der Waals surface area contributed by atoms with E-state index in [2.05, 4.69) is 18.0 Å². The molecule has 1 aromatic heterocycles. The summed E-state index contributed by atoms with van der Waals surface area (Å²) in [5.74, 6) is 1.20. The molecule has 1 aliphatic rings. The van der Waals surface area contributed by atoms with Crippen LogP contribution in [-0.2, 0) is 0 Å². The van der Waals surface area contributed by atoms with Gasteiger partial charge in [-0.15, -0.1) is 0 Å². The second kappa shape index (κ2) is 6.13. The van der Waals surface area contributed by atoms with Gasteiger partial charge in [-0.25, -0.2) is 4.98 Å². The van der Waals surface area contributed by atoms with E-state index in [1.54, 1.807) is 6.07 Å². The molecule has 2 aromatic rings. The van der Waals surface area contributed by atoms with Gasteiger partial charge in [-0.05, 0) is 37.7 Å². The summed E-state index contributed by atoms with van der Waals surface area (Å²) in [6.07, 6.45) is 6.23. The first-order chi connectivity index (χ1) is 10.3. The van der Waals surface area contributed by atoms with Crippen LogP contribution in [0.2, 0.25) is 0 Å². The zero-order valence-electron chi connectivity index (χ0n) is 12.4. The maximum Gasteiger partial charge on any atom is 0.215 e. The number of hydrogen-bond acceptors (Lipinski definition) is 3. The molecule has 108 valence electrons. The highest BCUT2D eigenvalue weighted by Crippen LogP contribution is 2.31. The van der Waals surface area contributed by atoms with Crippen molar-refractivity contribution in [1.82, 2.24) is 4.98 Å². The number of fused-ring (bicyclic) bond motifs is 1. The summed E-state index contributed by atoms with van der Waals surface area (Å²) in [6.45, 7) is 2.22. The van der Waals surface area contributed by atoms with Gasteiger partial charge in [0.1, 0.15) is 12.2 Å². The molecule has 1 saturated carbocycles. The smallest absolute Gasteiger partial charge is 0.215 e. The number of para-hydroxylation sites is 1. The van der Waals surface area contributed by atoms with Gasteiger partial charge in [0.25, 0.3) is 0 Å². The second-order valence-electron chi connectivity index (χ2n) is 5.75. The highest BCUT2D eigenvalue weighted by Gasteiger charge is 2.25. The van der Waals surface area contributed by atoms with Crippen molar-refractivity contribution >= 4 is 10.9 Å². The van der Waals surface area contributed by atoms with Crippen molar-refractivity contribution in [2.24, 2.45) is 5.92 Å². The van der Waals surface area contributed by atoms with Crippen molar-refractivity contribution in [3.05, 3.63) is 35.9 Å². The molecule has 1 heterocycles. The van der Waals surface area contributed by atoms with Crippen LogP contribution in [0.4, 0.5) is 0 Å². The lowest BCUT2D eigenvalue weighted by Crippen LogP contribution is -2.30. The van der Waals surface area contributed by atoms with Crippen LogP contribution >= 0.6 is 0 Å². The maximum atomic E-state index is 9.33. The summed E-state index contributed by atoms with van der Waals surface area (Å²) < 4.78 is 6.15. The van der Waals surface area contributed by atoms with Crippen LogP contribution < -0.4 is 4.74 Å². The lowest BCUT2D eigenvalue weighted by molar-refractivity contribution is 0.0862. The Balaban J connectivity index is 1.92. The zero-order valence-corrected chi connectivity index (χ0v) is 12.4. The summed E-state index contributed by atoms with van der Waals surface area (Å²) in [5, 5.41) is 10.2. The fourth-order valence-electron chi connectivity index (χ4n) is 3.25. The minimum Gasteiger partial charge on any atom is -0.474 e. The molecule has 0 amide bonds. The van der Waals surface area contributed by atoms with E-state index in [9.17, 15) is 5.26 Å². The number of benzene rings is 1. The highest BCUT2D eigenvalue weighted by atomic mass is 16.5. The molecule has 1 aliphatic carbocycles. The van der Waals surface area contributed by atoms with Gasteiger partial charge in [0, 0.05) is 11.5 Å². The average Bonchev–Trinajstić information content (AvgIpc) is 2.54. The van der Waals surface area contributed by atoms with Crippen LogP contribution in [0.5, 0.6) is 5.88 Å². The average molecular weight is 280 g/mol. The first-order valence-corrected chi connectivity index (χ1v) is 7.78. The Bertz CT molecular complexity index is 674. The molecule has 0 aliphatic heterocycles. The molecule has 2 unspecified atom stereocenters. The molecule has 21 heavy (non-hydrogen) atoms. The fourth-order valence-corrected chi connectivity index (χ4v) is 3.25. The van der Waals surface area contributed by atoms with Crippen molar-refractivity contribution in [2.75, 3.05) is 0 Å². The summed E-state index contributed by atoms with van der Waals surface area (Å²) in [5.41, 5.74) is 1.47. The van der Waals surface area contributed by atoms with E-state index in [1.165, 1.54) is 19.3 Å². The fraction of sp³-hybridized carbons (Fsp3) is 0.444. The van der Waals surface area contributed by atoms with Crippen LogP contribution in [0, 0.1) is 17.2 Å². The minimum atomic E-state index is 0.240. The van der Waals surface area contributed by atoms with Crippen LogP contribution in [0.1, 0.15) is 44.6 Å². The molecule has 0 N–H and O–H groups in total. The standard InChI is InChI=1S/C18H20N2O/c1-2-13-7-3-6-10-17(13)21-18-11-14(12-19)15-8-4-5-9-16(15)20-18/h4-5,8-9,11,13,17H,2-3,6-7,10H2,1H3. The molecule has 0 radical (unpaired) electrons. The number of hydrogen-bond donors (Lipinski definition) is 0. The van der Waals surface area contributed by atoms with Crippen molar-refractivity contribution in [1.29, 1.82) is 5.26 Å². The third-order valence-corrected chi connectivity index (χ3v) is 4.45. The Kier molecular flexibility index (Phi) is 4.06. The summed E-state index contributed by atoms with van der Waals surface area (Å²) in [6, 6.07) is 11.8. The van der Waals surface area contributed by atoms with Gasteiger partial charge in [0.05, 0.1) is 11.1 Å². The molecule has 2 atom stereocenters. The molecule has 0 saturated heterocycles. The van der Waals surface area contributed by atoms with E-state index in [-0.39, 0.29) is 6.10 Å². The predicted octanol–water partition coefficient (Wildman–Crippen LogP) is 4.45. The molecule has 3 nitrogen and oxygen atoms in total. The first-order valence-electron chi connectivity index (χ1n) is 7.78. The van der Waals surface area contributed by atoms with Crippen molar-refractivity contribution in [3.8, 4) is 11.9 Å². The van der Waals surface area contributed by atoms with Gasteiger partial charge >= 0.3 is 0 Å². The van der Waals surface area contributed by atoms with Gasteiger partial charge in [0.2, 0.25) is 5.88 Å². The van der Waals surface area contributed by atoms with Gasteiger partial charge < -0.3 is 4.74 Å². The third-order valence-electron chi connectivity index (χ3n) is 4.45. The van der Waals surface area contributed by atoms with E-state index in [1.807, 2.05) is 24.3 Å². The molecule has 1 aromatic carbocycles. The van der Waals surface area contributed by atoms with Gasteiger partial charge in [-0.1, -0.05) is 31.5 Å². The Hall–Kier alpha value is -2.08. The Morgan fingerprint density at radius 3 is 2.90 bits per heavy atom. The topological polar surface area (TPSA) is 45.9 Å². The highest BCUT2D eigenvalue weighted by molar-refractivity contribution is 5.85. The Morgan fingerprint density at radius 1 is 1.29 bits per heavy atom. The van der Waals surface area contributed by atoms with E-state index < -0.39 is 0 Å². The second-order valence-corrected chi connectivity index (χ2v) is 5.75. The number of rotatable bonds is 3. The van der Waals surface area contributed by atoms with E-state index in [0.717, 1.165) is 23.7 Å². The molecule has 0 bridgehead atoms. The van der Waals surface area contributed by atoms with E-state index in [0.29, 0.717) is 17.4 Å². The first kappa shape index (κ1) is 13.9. The quantitative estimate of drug-likeness (QED) is 0.834. The Labute approximate surface area is 125 Å². The number of nitrogens with zero attached hydrogens (tertiary/aromatic N) is 2. The monoisotopic (exact) mass is 280 g/mol. The zero-order chi connectivity index (χ0) is 14.7. The van der Waals surface area contributed by atoms with Crippen LogP contribution in [0.25, 0.3) is 10.9 Å². The molecule has 0 spiro atoms. The number of nitriles is 1. The molecular weight excluding hydrogens is 260 g/mol. The third kappa shape index (κ3) is 2.85. The van der Waals surface area contributed by atoms with Crippen LogP contribution in [0.3, 0.4) is 0 Å². The number of aromatic nitrogens is 1. The van der Waals surface area contributed by atoms with Crippen molar-refractivity contribution in [2.45, 2.75) is 45.1 Å².